The summed E-state index contributed by atoms with van der Waals surface area (Å²) in [4.78, 5) is 4.42. The second-order valence-electron chi connectivity index (χ2n) is 4.83. The van der Waals surface area contributed by atoms with Gasteiger partial charge in [0, 0.05) is 18.1 Å². The minimum atomic E-state index is 0.731. The van der Waals surface area contributed by atoms with Crippen molar-refractivity contribution in [1.82, 2.24) is 4.98 Å². The van der Waals surface area contributed by atoms with Crippen LogP contribution >= 0.6 is 11.6 Å². The molecule has 0 unspecified atom stereocenters. The van der Waals surface area contributed by atoms with Gasteiger partial charge < -0.3 is 5.32 Å². The molecule has 0 aliphatic carbocycles. The molecular formula is C17H15ClN2. The Morgan fingerprint density at radius 3 is 2.65 bits per heavy atom. The number of pyridine rings is 1. The quantitative estimate of drug-likeness (QED) is 0.746. The van der Waals surface area contributed by atoms with Crippen LogP contribution in [0.1, 0.15) is 11.1 Å². The lowest BCUT2D eigenvalue weighted by Gasteiger charge is -2.10. The monoisotopic (exact) mass is 282 g/mol. The fourth-order valence-electron chi connectivity index (χ4n) is 2.18. The van der Waals surface area contributed by atoms with E-state index in [9.17, 15) is 0 Å². The van der Waals surface area contributed by atoms with Crippen molar-refractivity contribution in [2.24, 2.45) is 0 Å². The molecule has 1 aromatic heterocycles. The Bertz CT molecular complexity index is 736. The number of hydrogen-bond donors (Lipinski definition) is 1. The Balaban J connectivity index is 1.88. The van der Waals surface area contributed by atoms with Crippen molar-refractivity contribution in [2.45, 2.75) is 13.5 Å². The van der Waals surface area contributed by atoms with Gasteiger partial charge in [-0.05, 0) is 36.8 Å². The number of aromatic nitrogens is 1. The fraction of sp³-hybridized carbons (Fsp3) is 0.118. The number of nitrogens with zero attached hydrogens (tertiary/aromatic N) is 1. The van der Waals surface area contributed by atoms with Crippen LogP contribution in [0.25, 0.3) is 10.9 Å². The van der Waals surface area contributed by atoms with E-state index in [2.05, 4.69) is 41.5 Å². The second kappa shape index (κ2) is 5.51. The third-order valence-corrected chi connectivity index (χ3v) is 3.65. The van der Waals surface area contributed by atoms with Crippen molar-refractivity contribution in [3.63, 3.8) is 0 Å². The van der Waals surface area contributed by atoms with Crippen molar-refractivity contribution in [3.8, 4) is 0 Å². The molecule has 3 aromatic rings. The van der Waals surface area contributed by atoms with Crippen LogP contribution in [0.3, 0.4) is 0 Å². The normalized spacial score (nSPS) is 10.7. The minimum Gasteiger partial charge on any atom is -0.379 e. The van der Waals surface area contributed by atoms with Gasteiger partial charge >= 0.3 is 0 Å². The molecule has 1 N–H and O–H groups in total. The molecule has 0 aliphatic rings. The van der Waals surface area contributed by atoms with Crippen molar-refractivity contribution >= 4 is 28.2 Å². The molecule has 0 spiro atoms. The zero-order chi connectivity index (χ0) is 13.9. The minimum absolute atomic E-state index is 0.731. The maximum absolute atomic E-state index is 6.20. The smallest absolute Gasteiger partial charge is 0.0948 e. The molecule has 20 heavy (non-hydrogen) atoms. The Morgan fingerprint density at radius 1 is 1.05 bits per heavy atom. The molecule has 0 amide bonds. The lowest BCUT2D eigenvalue weighted by Crippen LogP contribution is -2.00. The number of benzene rings is 2. The van der Waals surface area contributed by atoms with Crippen molar-refractivity contribution < 1.29 is 0 Å². The van der Waals surface area contributed by atoms with E-state index in [1.807, 2.05) is 24.3 Å². The highest BCUT2D eigenvalue weighted by atomic mass is 35.5. The van der Waals surface area contributed by atoms with E-state index in [1.165, 1.54) is 11.1 Å². The molecule has 0 radical (unpaired) electrons. The number of anilines is 1. The maximum Gasteiger partial charge on any atom is 0.0948 e. The second-order valence-corrected chi connectivity index (χ2v) is 5.24. The first kappa shape index (κ1) is 12.9. The molecule has 3 heteroatoms. The van der Waals surface area contributed by atoms with E-state index < -0.39 is 0 Å². The summed E-state index contributed by atoms with van der Waals surface area (Å²) in [7, 11) is 0. The Kier molecular flexibility index (Phi) is 3.57. The Labute approximate surface area is 123 Å². The highest BCUT2D eigenvalue weighted by molar-refractivity contribution is 6.35. The van der Waals surface area contributed by atoms with Crippen LogP contribution in [0.5, 0.6) is 0 Å². The van der Waals surface area contributed by atoms with Crippen LogP contribution in [0.4, 0.5) is 5.69 Å². The summed E-state index contributed by atoms with van der Waals surface area (Å²) in [6.07, 6.45) is 1.79. The molecule has 0 bridgehead atoms. The van der Waals surface area contributed by atoms with Gasteiger partial charge in [-0.1, -0.05) is 41.4 Å². The standard InChI is InChI=1S/C17H15ClN2/c1-12-4-6-13(7-5-12)11-20-16-9-8-15(18)14-3-2-10-19-17(14)16/h2-10,20H,11H2,1H3. The van der Waals surface area contributed by atoms with Gasteiger partial charge in [-0.3, -0.25) is 4.98 Å². The number of nitrogens with one attached hydrogen (secondary N) is 1. The molecule has 0 aliphatic heterocycles. The van der Waals surface area contributed by atoms with Gasteiger partial charge in [0.15, 0.2) is 0 Å². The Morgan fingerprint density at radius 2 is 1.85 bits per heavy atom. The molecule has 0 saturated carbocycles. The van der Waals surface area contributed by atoms with Gasteiger partial charge in [0.2, 0.25) is 0 Å². The van der Waals surface area contributed by atoms with E-state index in [1.54, 1.807) is 6.20 Å². The first-order valence-corrected chi connectivity index (χ1v) is 6.94. The topological polar surface area (TPSA) is 24.9 Å². The lowest BCUT2D eigenvalue weighted by atomic mass is 10.1. The number of halogens is 1. The molecule has 2 nitrogen and oxygen atoms in total. The molecule has 0 atom stereocenters. The highest BCUT2D eigenvalue weighted by Gasteiger charge is 2.05. The summed E-state index contributed by atoms with van der Waals surface area (Å²) in [6, 6.07) is 16.3. The number of hydrogen-bond acceptors (Lipinski definition) is 2. The van der Waals surface area contributed by atoms with Crippen molar-refractivity contribution in [1.29, 1.82) is 0 Å². The molecule has 1 heterocycles. The van der Waals surface area contributed by atoms with E-state index in [4.69, 9.17) is 11.6 Å². The average molecular weight is 283 g/mol. The van der Waals surface area contributed by atoms with Crippen LogP contribution in [-0.4, -0.2) is 4.98 Å². The zero-order valence-electron chi connectivity index (χ0n) is 11.2. The van der Waals surface area contributed by atoms with Gasteiger partial charge in [0.1, 0.15) is 0 Å². The van der Waals surface area contributed by atoms with Gasteiger partial charge in [0.25, 0.3) is 0 Å². The summed E-state index contributed by atoms with van der Waals surface area (Å²) in [5.41, 5.74) is 4.43. The van der Waals surface area contributed by atoms with Crippen LogP contribution in [0.2, 0.25) is 5.02 Å². The first-order chi connectivity index (χ1) is 9.74. The molecule has 100 valence electrons. The lowest BCUT2D eigenvalue weighted by molar-refractivity contribution is 1.15. The third-order valence-electron chi connectivity index (χ3n) is 3.32. The predicted molar refractivity (Wildman–Crippen MR) is 85.3 cm³/mol. The molecule has 2 aromatic carbocycles. The fourth-order valence-corrected chi connectivity index (χ4v) is 2.40. The van der Waals surface area contributed by atoms with Gasteiger partial charge in [0.05, 0.1) is 16.2 Å². The summed E-state index contributed by atoms with van der Waals surface area (Å²) in [5, 5.41) is 5.14. The molecule has 3 rings (SSSR count). The van der Waals surface area contributed by atoms with E-state index in [0.29, 0.717) is 0 Å². The highest BCUT2D eigenvalue weighted by Crippen LogP contribution is 2.28. The van der Waals surface area contributed by atoms with E-state index >= 15 is 0 Å². The maximum atomic E-state index is 6.20. The van der Waals surface area contributed by atoms with Crippen LogP contribution in [0, 0.1) is 6.92 Å². The summed E-state index contributed by atoms with van der Waals surface area (Å²) >= 11 is 6.20. The van der Waals surface area contributed by atoms with Gasteiger partial charge in [-0.15, -0.1) is 0 Å². The molecular weight excluding hydrogens is 268 g/mol. The van der Waals surface area contributed by atoms with Crippen LogP contribution in [0.15, 0.2) is 54.7 Å². The summed E-state index contributed by atoms with van der Waals surface area (Å²) in [6.45, 7) is 2.86. The van der Waals surface area contributed by atoms with Crippen LogP contribution in [-0.2, 0) is 6.54 Å². The predicted octanol–water partition coefficient (Wildman–Crippen LogP) is 4.81. The van der Waals surface area contributed by atoms with Gasteiger partial charge in [-0.2, -0.15) is 0 Å². The van der Waals surface area contributed by atoms with E-state index in [-0.39, 0.29) is 0 Å². The largest absolute Gasteiger partial charge is 0.379 e. The molecule has 0 saturated heterocycles. The average Bonchev–Trinajstić information content (AvgIpc) is 2.49. The third kappa shape index (κ3) is 2.61. The molecule has 0 fully saturated rings. The number of fused-ring (bicyclic) bond motifs is 1. The Hall–Kier alpha value is -2.06. The zero-order valence-corrected chi connectivity index (χ0v) is 12.0. The van der Waals surface area contributed by atoms with Crippen molar-refractivity contribution in [3.05, 3.63) is 70.9 Å². The SMILES string of the molecule is Cc1ccc(CNc2ccc(Cl)c3cccnc23)cc1. The number of rotatable bonds is 3. The van der Waals surface area contributed by atoms with E-state index in [0.717, 1.165) is 28.2 Å². The van der Waals surface area contributed by atoms with Crippen LogP contribution < -0.4 is 5.32 Å². The first-order valence-electron chi connectivity index (χ1n) is 6.57. The summed E-state index contributed by atoms with van der Waals surface area (Å²) in [5.74, 6) is 0. The van der Waals surface area contributed by atoms with Crippen molar-refractivity contribution in [2.75, 3.05) is 5.32 Å². The summed E-state index contributed by atoms with van der Waals surface area (Å²) < 4.78 is 0. The number of aryl methyl sites for hydroxylation is 1. The van der Waals surface area contributed by atoms with Gasteiger partial charge in [-0.25, -0.2) is 0 Å².